The van der Waals surface area contributed by atoms with Crippen molar-refractivity contribution in [2.45, 2.75) is 58.4 Å². The number of carbonyl (C=O) groups excluding carboxylic acids is 1. The van der Waals surface area contributed by atoms with Crippen molar-refractivity contribution in [3.8, 4) is 5.75 Å². The summed E-state index contributed by atoms with van der Waals surface area (Å²) in [7, 11) is 0. The smallest absolute Gasteiger partial charge is 0.220 e. The third-order valence-electron chi connectivity index (χ3n) is 6.46. The van der Waals surface area contributed by atoms with Crippen LogP contribution in [0.2, 0.25) is 0 Å². The van der Waals surface area contributed by atoms with Crippen LogP contribution in [0, 0.1) is 0 Å². The van der Waals surface area contributed by atoms with Crippen molar-refractivity contribution in [1.82, 2.24) is 14.9 Å². The molecule has 3 aromatic carbocycles. The average molecular weight is 484 g/mol. The number of nitrogens with one attached hydrogen (secondary N) is 1. The molecule has 188 valence electrons. The van der Waals surface area contributed by atoms with Crippen molar-refractivity contribution in [3.05, 3.63) is 95.8 Å². The van der Waals surface area contributed by atoms with E-state index in [0.717, 1.165) is 54.8 Å². The lowest BCUT2D eigenvalue weighted by atomic mass is 10.0. The number of amides is 1. The van der Waals surface area contributed by atoms with Gasteiger partial charge in [0.25, 0.3) is 0 Å². The molecule has 0 aliphatic heterocycles. The van der Waals surface area contributed by atoms with Crippen LogP contribution >= 0.6 is 0 Å². The largest absolute Gasteiger partial charge is 0.494 e. The highest BCUT2D eigenvalue weighted by molar-refractivity contribution is 5.76. The monoisotopic (exact) mass is 483 g/mol. The molecule has 0 saturated carbocycles. The van der Waals surface area contributed by atoms with Crippen LogP contribution in [0.15, 0.2) is 78.9 Å². The number of carbonyl (C=O) groups is 1. The number of hydrogen-bond donors (Lipinski definition) is 1. The number of hydrogen-bond acceptors (Lipinski definition) is 3. The summed E-state index contributed by atoms with van der Waals surface area (Å²) in [4.78, 5) is 17.1. The minimum atomic E-state index is 0.103. The van der Waals surface area contributed by atoms with Crippen molar-refractivity contribution in [3.63, 3.8) is 0 Å². The van der Waals surface area contributed by atoms with Gasteiger partial charge in [0.05, 0.1) is 17.6 Å². The van der Waals surface area contributed by atoms with Crippen molar-refractivity contribution in [2.24, 2.45) is 0 Å². The van der Waals surface area contributed by atoms with Gasteiger partial charge in [-0.05, 0) is 60.6 Å². The molecule has 1 heterocycles. The van der Waals surface area contributed by atoms with E-state index in [0.29, 0.717) is 25.5 Å². The molecule has 5 nitrogen and oxygen atoms in total. The molecule has 4 rings (SSSR count). The molecular weight excluding hydrogens is 446 g/mol. The predicted octanol–water partition coefficient (Wildman–Crippen LogP) is 6.31. The van der Waals surface area contributed by atoms with Gasteiger partial charge in [0.2, 0.25) is 5.91 Å². The second kappa shape index (κ2) is 12.9. The number of rotatable bonds is 13. The summed E-state index contributed by atoms with van der Waals surface area (Å²) in [5, 5.41) is 3.06. The molecule has 1 N–H and O–H groups in total. The third kappa shape index (κ3) is 7.20. The van der Waals surface area contributed by atoms with E-state index in [9.17, 15) is 4.79 Å². The lowest BCUT2D eigenvalue weighted by Crippen LogP contribution is -2.25. The summed E-state index contributed by atoms with van der Waals surface area (Å²) in [6, 6.07) is 26.8. The summed E-state index contributed by atoms with van der Waals surface area (Å²) in [5.41, 5.74) is 4.69. The normalized spacial score (nSPS) is 11.2. The number of para-hydroxylation sites is 2. The Hall–Kier alpha value is -3.60. The number of ether oxygens (including phenoxy) is 1. The van der Waals surface area contributed by atoms with Crippen LogP contribution in [-0.4, -0.2) is 28.6 Å². The zero-order chi connectivity index (χ0) is 25.2. The van der Waals surface area contributed by atoms with E-state index < -0.39 is 0 Å². The fourth-order valence-electron chi connectivity index (χ4n) is 4.39. The van der Waals surface area contributed by atoms with Gasteiger partial charge in [0.15, 0.2) is 0 Å². The quantitative estimate of drug-likeness (QED) is 0.227. The number of imidazole rings is 1. The molecule has 5 heteroatoms. The van der Waals surface area contributed by atoms with Gasteiger partial charge in [-0.25, -0.2) is 4.98 Å². The maximum atomic E-state index is 12.2. The second-order valence-electron chi connectivity index (χ2n) is 9.53. The van der Waals surface area contributed by atoms with Crippen molar-refractivity contribution in [2.75, 3.05) is 13.2 Å². The Balaban J connectivity index is 1.25. The van der Waals surface area contributed by atoms with Crippen LogP contribution in [0.4, 0.5) is 0 Å². The molecular formula is C31H37N3O2. The van der Waals surface area contributed by atoms with E-state index in [1.54, 1.807) is 0 Å². The van der Waals surface area contributed by atoms with Gasteiger partial charge in [-0.15, -0.1) is 0 Å². The Morgan fingerprint density at radius 1 is 0.917 bits per heavy atom. The van der Waals surface area contributed by atoms with Gasteiger partial charge >= 0.3 is 0 Å². The SMILES string of the molecule is CC(C)c1ccc(OCCCn2c(CCCNC(=O)CCc3ccccc3)nc3ccccc32)cc1. The Morgan fingerprint density at radius 3 is 2.44 bits per heavy atom. The molecule has 36 heavy (non-hydrogen) atoms. The fourth-order valence-corrected chi connectivity index (χ4v) is 4.39. The van der Waals surface area contributed by atoms with Crippen LogP contribution in [0.3, 0.4) is 0 Å². The number of benzene rings is 3. The zero-order valence-corrected chi connectivity index (χ0v) is 21.5. The third-order valence-corrected chi connectivity index (χ3v) is 6.46. The number of fused-ring (bicyclic) bond motifs is 1. The van der Waals surface area contributed by atoms with Gasteiger partial charge in [-0.3, -0.25) is 4.79 Å². The summed E-state index contributed by atoms with van der Waals surface area (Å²) in [6.45, 7) is 6.56. The Bertz CT molecular complexity index is 1230. The van der Waals surface area contributed by atoms with Crippen LogP contribution in [0.25, 0.3) is 11.0 Å². The summed E-state index contributed by atoms with van der Waals surface area (Å²) < 4.78 is 8.29. The molecule has 0 fully saturated rings. The number of nitrogens with zero attached hydrogens (tertiary/aromatic N) is 2. The zero-order valence-electron chi connectivity index (χ0n) is 21.5. The lowest BCUT2D eigenvalue weighted by Gasteiger charge is -2.12. The van der Waals surface area contributed by atoms with Crippen molar-refractivity contribution >= 4 is 16.9 Å². The predicted molar refractivity (Wildman–Crippen MR) is 146 cm³/mol. The highest BCUT2D eigenvalue weighted by atomic mass is 16.5. The summed E-state index contributed by atoms with van der Waals surface area (Å²) >= 11 is 0. The van der Waals surface area contributed by atoms with Gasteiger partial charge in [-0.2, -0.15) is 0 Å². The maximum absolute atomic E-state index is 12.2. The van der Waals surface area contributed by atoms with E-state index in [1.165, 1.54) is 11.1 Å². The average Bonchev–Trinajstić information content (AvgIpc) is 3.26. The first-order valence-electron chi connectivity index (χ1n) is 13.1. The first-order valence-corrected chi connectivity index (χ1v) is 13.1. The number of aromatic nitrogens is 2. The molecule has 1 amide bonds. The van der Waals surface area contributed by atoms with Crippen LogP contribution in [0.5, 0.6) is 5.75 Å². The Labute approximate surface area is 214 Å². The number of aryl methyl sites for hydroxylation is 3. The molecule has 0 aliphatic carbocycles. The molecule has 1 aromatic heterocycles. The molecule has 4 aromatic rings. The van der Waals surface area contributed by atoms with E-state index in [1.807, 2.05) is 24.3 Å². The Morgan fingerprint density at radius 2 is 1.67 bits per heavy atom. The molecule has 0 aliphatic rings. The van der Waals surface area contributed by atoms with Gasteiger partial charge in [0, 0.05) is 25.9 Å². The lowest BCUT2D eigenvalue weighted by molar-refractivity contribution is -0.121. The highest BCUT2D eigenvalue weighted by Crippen LogP contribution is 2.20. The van der Waals surface area contributed by atoms with Gasteiger partial charge < -0.3 is 14.6 Å². The van der Waals surface area contributed by atoms with Crippen molar-refractivity contribution in [1.29, 1.82) is 0 Å². The van der Waals surface area contributed by atoms with Gasteiger partial charge in [-0.1, -0.05) is 68.4 Å². The van der Waals surface area contributed by atoms with E-state index in [2.05, 4.69) is 78.3 Å². The Kier molecular flexibility index (Phi) is 9.15. The molecule has 0 spiro atoms. The van der Waals surface area contributed by atoms with Crippen molar-refractivity contribution < 1.29 is 9.53 Å². The van der Waals surface area contributed by atoms with E-state index >= 15 is 0 Å². The minimum absolute atomic E-state index is 0.103. The van der Waals surface area contributed by atoms with Crippen LogP contribution in [-0.2, 0) is 24.2 Å². The van der Waals surface area contributed by atoms with E-state index in [4.69, 9.17) is 9.72 Å². The topological polar surface area (TPSA) is 56.1 Å². The molecule has 0 atom stereocenters. The first kappa shape index (κ1) is 25.5. The van der Waals surface area contributed by atoms with Gasteiger partial charge in [0.1, 0.15) is 11.6 Å². The standard InChI is InChI=1S/C31H37N3O2/c1-24(2)26-16-18-27(19-17-26)36-23-9-22-34-29-13-7-6-12-28(29)33-30(34)14-8-21-32-31(35)20-15-25-10-4-3-5-11-25/h3-7,10-13,16-19,24H,8-9,14-15,20-23H2,1-2H3,(H,32,35). The minimum Gasteiger partial charge on any atom is -0.494 e. The highest BCUT2D eigenvalue weighted by Gasteiger charge is 2.11. The molecule has 0 unspecified atom stereocenters. The molecule has 0 radical (unpaired) electrons. The summed E-state index contributed by atoms with van der Waals surface area (Å²) in [5.74, 6) is 2.61. The van der Waals surface area contributed by atoms with Crippen LogP contribution in [0.1, 0.15) is 56.0 Å². The second-order valence-corrected chi connectivity index (χ2v) is 9.53. The fraction of sp³-hybridized carbons (Fsp3) is 0.355. The molecule has 0 saturated heterocycles. The van der Waals surface area contributed by atoms with E-state index in [-0.39, 0.29) is 5.91 Å². The maximum Gasteiger partial charge on any atom is 0.220 e. The summed E-state index contributed by atoms with van der Waals surface area (Å²) in [6.07, 6.45) is 3.87. The first-order chi connectivity index (χ1) is 17.6. The van der Waals surface area contributed by atoms with Crippen LogP contribution < -0.4 is 10.1 Å². The molecule has 0 bridgehead atoms.